The standard InChI is InChI=1S/C36H31N3O6/c1-2-23-12-18-28(19-13-23)38-33(40)30-31(34(38)41)36(35(42)43,22-26-14-20-29(21-15-26)39(44)45)37-32(30)27-16-10-25(11-17-27)9-8-24-6-4-3-5-7-24/h3-21,30-32,37H,2,22H2,1H3,(H,42,43)/b9-8+. The highest BCUT2D eigenvalue weighted by Crippen LogP contribution is 2.51. The van der Waals surface area contributed by atoms with Crippen molar-refractivity contribution in [1.29, 1.82) is 0 Å². The van der Waals surface area contributed by atoms with Crippen LogP contribution in [0.5, 0.6) is 0 Å². The fraction of sp³-hybridized carbons (Fsp3) is 0.194. The zero-order chi connectivity index (χ0) is 31.7. The third-order valence-corrected chi connectivity index (χ3v) is 8.83. The molecule has 2 aliphatic rings. The molecule has 2 aliphatic heterocycles. The number of carbonyl (C=O) groups is 3. The number of carbonyl (C=O) groups excluding carboxylic acids is 2. The number of aryl methyl sites for hydroxylation is 1. The summed E-state index contributed by atoms with van der Waals surface area (Å²) in [7, 11) is 0. The summed E-state index contributed by atoms with van der Waals surface area (Å²) in [5, 5.41) is 25.2. The zero-order valence-corrected chi connectivity index (χ0v) is 24.5. The number of aliphatic carboxylic acids is 1. The van der Waals surface area contributed by atoms with E-state index in [1.807, 2.05) is 85.8 Å². The Balaban J connectivity index is 1.39. The van der Waals surface area contributed by atoms with Crippen LogP contribution in [0.1, 0.15) is 40.8 Å². The largest absolute Gasteiger partial charge is 0.480 e. The van der Waals surface area contributed by atoms with Crippen molar-refractivity contribution in [2.45, 2.75) is 31.3 Å². The molecule has 0 saturated carbocycles. The number of anilines is 1. The first kappa shape index (κ1) is 29.7. The molecule has 0 spiro atoms. The van der Waals surface area contributed by atoms with E-state index in [1.165, 1.54) is 24.3 Å². The van der Waals surface area contributed by atoms with Crippen LogP contribution in [0.3, 0.4) is 0 Å². The van der Waals surface area contributed by atoms with E-state index >= 15 is 0 Å². The molecule has 4 aromatic rings. The summed E-state index contributed by atoms with van der Waals surface area (Å²) >= 11 is 0. The van der Waals surface area contributed by atoms with Crippen LogP contribution in [0.4, 0.5) is 11.4 Å². The Morgan fingerprint density at radius 1 is 0.867 bits per heavy atom. The van der Waals surface area contributed by atoms with Crippen molar-refractivity contribution in [1.82, 2.24) is 5.32 Å². The molecule has 9 heteroatoms. The zero-order valence-electron chi connectivity index (χ0n) is 24.5. The van der Waals surface area contributed by atoms with E-state index < -0.39 is 46.1 Å². The quantitative estimate of drug-likeness (QED) is 0.107. The number of non-ortho nitro benzene ring substituents is 1. The highest BCUT2D eigenvalue weighted by molar-refractivity contribution is 6.24. The van der Waals surface area contributed by atoms with E-state index in [1.54, 1.807) is 12.1 Å². The molecule has 0 aliphatic carbocycles. The number of carboxylic acid groups (broad SMARTS) is 1. The molecule has 2 saturated heterocycles. The molecule has 4 atom stereocenters. The maximum Gasteiger partial charge on any atom is 0.325 e. The number of rotatable bonds is 9. The molecular weight excluding hydrogens is 570 g/mol. The number of imide groups is 1. The van der Waals surface area contributed by atoms with Crippen molar-refractivity contribution in [3.63, 3.8) is 0 Å². The van der Waals surface area contributed by atoms with Gasteiger partial charge < -0.3 is 5.11 Å². The Labute approximate surface area is 260 Å². The van der Waals surface area contributed by atoms with Crippen LogP contribution in [0.2, 0.25) is 0 Å². The van der Waals surface area contributed by atoms with Crippen LogP contribution in [0.25, 0.3) is 12.2 Å². The Hall–Kier alpha value is -5.41. The van der Waals surface area contributed by atoms with E-state index in [0.717, 1.165) is 28.0 Å². The number of nitro benzene ring substituents is 1. The lowest BCUT2D eigenvalue weighted by atomic mass is 9.76. The van der Waals surface area contributed by atoms with Gasteiger partial charge in [0.1, 0.15) is 5.54 Å². The van der Waals surface area contributed by atoms with Gasteiger partial charge in [-0.15, -0.1) is 0 Å². The number of carboxylic acids is 1. The maximum atomic E-state index is 14.2. The van der Waals surface area contributed by atoms with Gasteiger partial charge in [-0.2, -0.15) is 0 Å². The van der Waals surface area contributed by atoms with E-state index in [2.05, 4.69) is 5.32 Å². The highest BCUT2D eigenvalue weighted by atomic mass is 16.6. The second kappa shape index (κ2) is 11.9. The SMILES string of the molecule is CCc1ccc(N2C(=O)C3C(c4ccc(/C=C/c5ccccc5)cc4)NC(Cc4ccc([N+](=O)[O-])cc4)(C(=O)O)C3C2=O)cc1. The molecule has 0 aromatic heterocycles. The normalized spacial score (nSPS) is 22.6. The molecule has 226 valence electrons. The van der Waals surface area contributed by atoms with Crippen LogP contribution in [0.15, 0.2) is 103 Å². The molecule has 6 rings (SSSR count). The molecule has 2 fully saturated rings. The number of amides is 2. The minimum atomic E-state index is -1.85. The monoisotopic (exact) mass is 601 g/mol. The molecule has 0 radical (unpaired) electrons. The molecule has 2 amide bonds. The van der Waals surface area contributed by atoms with Crippen molar-refractivity contribution < 1.29 is 24.4 Å². The van der Waals surface area contributed by atoms with Gasteiger partial charge >= 0.3 is 5.97 Å². The number of hydrogen-bond acceptors (Lipinski definition) is 6. The summed E-state index contributed by atoms with van der Waals surface area (Å²) < 4.78 is 0. The Bertz CT molecular complexity index is 1790. The Morgan fingerprint density at radius 2 is 1.47 bits per heavy atom. The van der Waals surface area contributed by atoms with Gasteiger partial charge in [0.2, 0.25) is 11.8 Å². The smallest absolute Gasteiger partial charge is 0.325 e. The summed E-state index contributed by atoms with van der Waals surface area (Å²) in [6.45, 7) is 2.00. The van der Waals surface area contributed by atoms with Gasteiger partial charge in [-0.1, -0.05) is 97.9 Å². The summed E-state index contributed by atoms with van der Waals surface area (Å²) in [5.74, 6) is -4.53. The second-order valence-electron chi connectivity index (χ2n) is 11.4. The van der Waals surface area contributed by atoms with Gasteiger partial charge in [-0.3, -0.25) is 29.8 Å². The fourth-order valence-electron chi connectivity index (χ4n) is 6.49. The first-order chi connectivity index (χ1) is 21.7. The first-order valence-corrected chi connectivity index (χ1v) is 14.8. The molecule has 9 nitrogen and oxygen atoms in total. The van der Waals surface area contributed by atoms with Gasteiger partial charge in [-0.25, -0.2) is 4.90 Å². The molecule has 0 bridgehead atoms. The minimum Gasteiger partial charge on any atom is -0.480 e. The predicted octanol–water partition coefficient (Wildman–Crippen LogP) is 5.84. The van der Waals surface area contributed by atoms with Crippen LogP contribution >= 0.6 is 0 Å². The minimum absolute atomic E-state index is 0.131. The van der Waals surface area contributed by atoms with E-state index in [0.29, 0.717) is 16.8 Å². The number of benzene rings is 4. The average molecular weight is 602 g/mol. The lowest BCUT2D eigenvalue weighted by Crippen LogP contribution is -2.57. The van der Waals surface area contributed by atoms with Crippen molar-refractivity contribution in [2.75, 3.05) is 4.90 Å². The van der Waals surface area contributed by atoms with Gasteiger partial charge in [0.15, 0.2) is 0 Å². The number of nitro groups is 1. The van der Waals surface area contributed by atoms with Crippen LogP contribution in [-0.4, -0.2) is 33.4 Å². The van der Waals surface area contributed by atoms with Gasteiger partial charge in [0, 0.05) is 24.6 Å². The number of nitrogens with zero attached hydrogens (tertiary/aromatic N) is 2. The second-order valence-corrected chi connectivity index (χ2v) is 11.4. The number of nitrogens with one attached hydrogen (secondary N) is 1. The van der Waals surface area contributed by atoms with Crippen molar-refractivity contribution in [2.24, 2.45) is 11.8 Å². The lowest BCUT2D eigenvalue weighted by molar-refractivity contribution is -0.384. The first-order valence-electron chi connectivity index (χ1n) is 14.8. The molecular formula is C36H31N3O6. The molecule has 2 heterocycles. The number of hydrogen-bond donors (Lipinski definition) is 2. The third-order valence-electron chi connectivity index (χ3n) is 8.83. The van der Waals surface area contributed by atoms with Gasteiger partial charge in [0.25, 0.3) is 5.69 Å². The van der Waals surface area contributed by atoms with Crippen molar-refractivity contribution in [3.05, 3.63) is 141 Å². The molecule has 45 heavy (non-hydrogen) atoms. The summed E-state index contributed by atoms with van der Waals surface area (Å²) in [6, 6.07) is 29.3. The molecule has 4 aromatic carbocycles. The summed E-state index contributed by atoms with van der Waals surface area (Å²) in [5.41, 5.74) is 2.58. The third kappa shape index (κ3) is 5.42. The summed E-state index contributed by atoms with van der Waals surface area (Å²) in [4.78, 5) is 53.3. The van der Waals surface area contributed by atoms with E-state index in [9.17, 15) is 29.6 Å². The molecule has 2 N–H and O–H groups in total. The average Bonchev–Trinajstić information content (AvgIpc) is 3.54. The fourth-order valence-corrected chi connectivity index (χ4v) is 6.49. The van der Waals surface area contributed by atoms with Crippen LogP contribution in [-0.2, 0) is 27.2 Å². The Kier molecular flexibility index (Phi) is 7.87. The van der Waals surface area contributed by atoms with Crippen molar-refractivity contribution in [3.8, 4) is 0 Å². The highest BCUT2D eigenvalue weighted by Gasteiger charge is 2.68. The predicted molar refractivity (Wildman–Crippen MR) is 170 cm³/mol. The molecule has 4 unspecified atom stereocenters. The number of fused-ring (bicyclic) bond motifs is 1. The van der Waals surface area contributed by atoms with Crippen LogP contribution in [0, 0.1) is 22.0 Å². The van der Waals surface area contributed by atoms with Crippen LogP contribution < -0.4 is 10.2 Å². The van der Waals surface area contributed by atoms with E-state index in [-0.39, 0.29) is 12.1 Å². The van der Waals surface area contributed by atoms with Gasteiger partial charge in [-0.05, 0) is 46.4 Å². The maximum absolute atomic E-state index is 14.2. The lowest BCUT2D eigenvalue weighted by Gasteiger charge is -2.31. The Morgan fingerprint density at radius 3 is 2.04 bits per heavy atom. The van der Waals surface area contributed by atoms with Gasteiger partial charge in [0.05, 0.1) is 22.4 Å². The topological polar surface area (TPSA) is 130 Å². The van der Waals surface area contributed by atoms with E-state index in [4.69, 9.17) is 0 Å². The van der Waals surface area contributed by atoms with Crippen molar-refractivity contribution >= 4 is 41.3 Å². The summed E-state index contributed by atoms with van der Waals surface area (Å²) in [6.07, 6.45) is 4.58.